The molecule has 0 bridgehead atoms. The molecule has 0 fully saturated rings. The van der Waals surface area contributed by atoms with Gasteiger partial charge in [0.05, 0.1) is 0 Å². The summed E-state index contributed by atoms with van der Waals surface area (Å²) < 4.78 is 20.8. The summed E-state index contributed by atoms with van der Waals surface area (Å²) in [7, 11) is -3.55. The number of nitrogens with two attached hydrogens (primary N) is 1. The van der Waals surface area contributed by atoms with Gasteiger partial charge in [0.2, 0.25) is 4.34 Å². The molecule has 6 nitrogen and oxygen atoms in total. The van der Waals surface area contributed by atoms with E-state index in [2.05, 4.69) is 4.98 Å². The van der Waals surface area contributed by atoms with Gasteiger partial charge in [-0.15, -0.1) is 11.3 Å². The van der Waals surface area contributed by atoms with Gasteiger partial charge in [0, 0.05) is 11.6 Å². The van der Waals surface area contributed by atoms with Gasteiger partial charge in [-0.2, -0.15) is 0 Å². The Labute approximate surface area is 72.7 Å². The van der Waals surface area contributed by atoms with Crippen LogP contribution in [0.2, 0.25) is 0 Å². The van der Waals surface area contributed by atoms with Crippen LogP contribution in [0.1, 0.15) is 0 Å². The molecule has 0 spiro atoms. The molecule has 0 amide bonds. The summed E-state index contributed by atoms with van der Waals surface area (Å²) in [6.07, 6.45) is 1.39. The first kappa shape index (κ1) is 11.0. The van der Waals surface area contributed by atoms with Crippen molar-refractivity contribution in [3.63, 3.8) is 0 Å². The Hall–Kier alpha value is -0.990. The van der Waals surface area contributed by atoms with Crippen molar-refractivity contribution in [2.45, 2.75) is 4.34 Å². The molecule has 0 radical (unpaired) electrons. The van der Waals surface area contributed by atoms with Gasteiger partial charge in [0.15, 0.2) is 0 Å². The first-order chi connectivity index (χ1) is 5.52. The van der Waals surface area contributed by atoms with Crippen molar-refractivity contribution in [1.82, 2.24) is 4.98 Å². The smallest absolute Gasteiger partial charge is 0.290 e. The third kappa shape index (κ3) is 4.01. The van der Waals surface area contributed by atoms with E-state index < -0.39 is 10.0 Å². The quantitative estimate of drug-likeness (QED) is 0.606. The lowest BCUT2D eigenvalue weighted by atomic mass is 11.0. The lowest BCUT2D eigenvalue weighted by molar-refractivity contribution is -0.122. The van der Waals surface area contributed by atoms with E-state index in [-0.39, 0.29) is 10.8 Å². The summed E-state index contributed by atoms with van der Waals surface area (Å²) >= 11 is 1.01. The number of nitrogens with zero attached hydrogens (tertiary/aromatic N) is 1. The molecule has 1 heterocycles. The highest BCUT2D eigenvalue weighted by Gasteiger charge is 2.08. The SMILES string of the molecule is NS(=O)(=O)c1nccs1.O=CO. The number of carbonyl (C=O) groups is 1. The molecular formula is C4H6N2O4S2. The molecule has 0 saturated heterocycles. The van der Waals surface area contributed by atoms with Gasteiger partial charge in [-0.05, 0) is 0 Å². The number of carboxylic acid groups (broad SMARTS) is 1. The second kappa shape index (κ2) is 4.80. The highest BCUT2D eigenvalue weighted by atomic mass is 32.2. The van der Waals surface area contributed by atoms with Gasteiger partial charge in [-0.1, -0.05) is 0 Å². The van der Waals surface area contributed by atoms with Crippen LogP contribution < -0.4 is 5.14 Å². The summed E-state index contributed by atoms with van der Waals surface area (Å²) in [4.78, 5) is 11.9. The molecule has 0 aliphatic carbocycles. The van der Waals surface area contributed by atoms with E-state index in [4.69, 9.17) is 15.0 Å². The number of rotatable bonds is 1. The first-order valence-electron chi connectivity index (χ1n) is 2.52. The average molecular weight is 210 g/mol. The Balaban J connectivity index is 0.000000354. The van der Waals surface area contributed by atoms with Gasteiger partial charge in [0.25, 0.3) is 16.5 Å². The lowest BCUT2D eigenvalue weighted by Gasteiger charge is -1.84. The molecule has 0 aromatic carbocycles. The lowest BCUT2D eigenvalue weighted by Crippen LogP contribution is -2.11. The molecular weight excluding hydrogens is 204 g/mol. The van der Waals surface area contributed by atoms with Gasteiger partial charge in [0.1, 0.15) is 0 Å². The zero-order chi connectivity index (χ0) is 9.61. The summed E-state index contributed by atoms with van der Waals surface area (Å²) in [6, 6.07) is 0. The Morgan fingerprint density at radius 1 is 1.67 bits per heavy atom. The van der Waals surface area contributed by atoms with Crippen molar-refractivity contribution in [1.29, 1.82) is 0 Å². The van der Waals surface area contributed by atoms with E-state index in [1.54, 1.807) is 5.38 Å². The molecule has 0 unspecified atom stereocenters. The van der Waals surface area contributed by atoms with Crippen LogP contribution in [0.4, 0.5) is 0 Å². The zero-order valence-corrected chi connectivity index (χ0v) is 7.38. The average Bonchev–Trinajstić information content (AvgIpc) is 2.36. The molecule has 68 valence electrons. The maximum absolute atomic E-state index is 10.4. The standard InChI is InChI=1S/C3H4N2O2S2.CH2O2/c4-9(6,7)3-5-1-2-8-3;2-1-3/h1-2H,(H2,4,6,7);1H,(H,2,3). The van der Waals surface area contributed by atoms with Crippen molar-refractivity contribution in [3.8, 4) is 0 Å². The maximum Gasteiger partial charge on any atom is 0.290 e. The molecule has 0 aliphatic rings. The maximum atomic E-state index is 10.4. The van der Waals surface area contributed by atoms with Gasteiger partial charge >= 0.3 is 0 Å². The fraction of sp³-hybridized carbons (Fsp3) is 0. The van der Waals surface area contributed by atoms with E-state index in [9.17, 15) is 8.42 Å². The van der Waals surface area contributed by atoms with E-state index >= 15 is 0 Å². The monoisotopic (exact) mass is 210 g/mol. The largest absolute Gasteiger partial charge is 0.483 e. The molecule has 1 rings (SSSR count). The minimum Gasteiger partial charge on any atom is -0.483 e. The van der Waals surface area contributed by atoms with E-state index in [0.29, 0.717) is 0 Å². The summed E-state index contributed by atoms with van der Waals surface area (Å²) in [6.45, 7) is -0.250. The Morgan fingerprint density at radius 2 is 2.17 bits per heavy atom. The summed E-state index contributed by atoms with van der Waals surface area (Å²) in [5.41, 5.74) is 0. The van der Waals surface area contributed by atoms with Crippen LogP contribution in [0.5, 0.6) is 0 Å². The van der Waals surface area contributed by atoms with Gasteiger partial charge < -0.3 is 5.11 Å². The fourth-order valence-electron chi connectivity index (χ4n) is 0.351. The van der Waals surface area contributed by atoms with E-state index in [1.807, 2.05) is 0 Å². The third-order valence-corrected chi connectivity index (χ3v) is 2.80. The Kier molecular flexibility index (Phi) is 4.40. The number of sulfonamides is 1. The summed E-state index contributed by atoms with van der Waals surface area (Å²) in [5.74, 6) is 0. The fourth-order valence-corrected chi connectivity index (χ4v) is 1.62. The normalized spacial score (nSPS) is 9.75. The molecule has 0 atom stereocenters. The van der Waals surface area contributed by atoms with Gasteiger partial charge in [-0.3, -0.25) is 4.79 Å². The number of primary sulfonamides is 1. The van der Waals surface area contributed by atoms with Crippen molar-refractivity contribution in [3.05, 3.63) is 11.6 Å². The van der Waals surface area contributed by atoms with Crippen molar-refractivity contribution < 1.29 is 18.3 Å². The number of hydrogen-bond acceptors (Lipinski definition) is 5. The van der Waals surface area contributed by atoms with Crippen LogP contribution in [0.15, 0.2) is 15.9 Å². The van der Waals surface area contributed by atoms with Crippen LogP contribution in [-0.4, -0.2) is 25.0 Å². The van der Waals surface area contributed by atoms with Crippen molar-refractivity contribution >= 4 is 27.8 Å². The van der Waals surface area contributed by atoms with Crippen LogP contribution in [0.25, 0.3) is 0 Å². The molecule has 0 aliphatic heterocycles. The van der Waals surface area contributed by atoms with Crippen molar-refractivity contribution in [2.75, 3.05) is 0 Å². The highest BCUT2D eigenvalue weighted by molar-refractivity contribution is 7.91. The number of thiazole rings is 1. The van der Waals surface area contributed by atoms with Crippen LogP contribution in [0, 0.1) is 0 Å². The van der Waals surface area contributed by atoms with E-state index in [1.165, 1.54) is 6.20 Å². The molecule has 0 saturated carbocycles. The predicted octanol–water partition coefficient (Wildman–Crippen LogP) is -0.509. The first-order valence-corrected chi connectivity index (χ1v) is 4.95. The number of hydrogen-bond donors (Lipinski definition) is 2. The minimum atomic E-state index is -3.55. The van der Waals surface area contributed by atoms with E-state index in [0.717, 1.165) is 11.3 Å². The Bertz CT molecular complexity index is 317. The van der Waals surface area contributed by atoms with Crippen LogP contribution in [-0.2, 0) is 14.8 Å². The molecule has 3 N–H and O–H groups in total. The second-order valence-corrected chi connectivity index (χ2v) is 4.08. The minimum absolute atomic E-state index is 0.0394. The molecule has 1 aromatic heterocycles. The Morgan fingerprint density at radius 3 is 2.33 bits per heavy atom. The second-order valence-electron chi connectivity index (χ2n) is 1.45. The van der Waals surface area contributed by atoms with Crippen LogP contribution >= 0.6 is 11.3 Å². The molecule has 1 aromatic rings. The third-order valence-electron chi connectivity index (χ3n) is 0.653. The molecule has 12 heavy (non-hydrogen) atoms. The highest BCUT2D eigenvalue weighted by Crippen LogP contribution is 2.07. The van der Waals surface area contributed by atoms with Gasteiger partial charge in [-0.25, -0.2) is 18.5 Å². The number of aromatic nitrogens is 1. The summed E-state index contributed by atoms with van der Waals surface area (Å²) in [5, 5.41) is 13.2. The van der Waals surface area contributed by atoms with Crippen LogP contribution in [0.3, 0.4) is 0 Å². The predicted molar refractivity (Wildman–Crippen MR) is 42.2 cm³/mol. The molecule has 8 heteroatoms. The topological polar surface area (TPSA) is 110 Å². The van der Waals surface area contributed by atoms with Crippen molar-refractivity contribution in [2.24, 2.45) is 5.14 Å². The zero-order valence-electron chi connectivity index (χ0n) is 5.75.